The predicted molar refractivity (Wildman–Crippen MR) is 78.8 cm³/mol. The van der Waals surface area contributed by atoms with Gasteiger partial charge in [0.2, 0.25) is 0 Å². The molecule has 0 atom stereocenters. The molecule has 0 aliphatic carbocycles. The average Bonchev–Trinajstić information content (AvgIpc) is 2.80. The van der Waals surface area contributed by atoms with Crippen LogP contribution in [0.15, 0.2) is 36.5 Å². The number of nitrogens with one attached hydrogen (secondary N) is 1. The molecule has 0 fully saturated rings. The minimum atomic E-state index is -0.980. The van der Waals surface area contributed by atoms with Crippen LogP contribution in [0.5, 0.6) is 0 Å². The van der Waals surface area contributed by atoms with E-state index in [1.807, 2.05) is 30.3 Å². The van der Waals surface area contributed by atoms with Crippen molar-refractivity contribution in [2.75, 3.05) is 5.32 Å². The van der Waals surface area contributed by atoms with Crippen LogP contribution in [0.4, 0.5) is 10.7 Å². The van der Waals surface area contributed by atoms with Crippen LogP contribution in [-0.4, -0.2) is 20.4 Å². The lowest BCUT2D eigenvalue weighted by molar-refractivity contribution is 0.0697. The van der Waals surface area contributed by atoms with Crippen LogP contribution in [0, 0.1) is 6.92 Å². The molecule has 0 spiro atoms. The van der Waals surface area contributed by atoms with Crippen LogP contribution >= 0.6 is 11.5 Å². The number of para-hydroxylation sites is 1. The van der Waals surface area contributed by atoms with Crippen molar-refractivity contribution in [2.45, 2.75) is 6.92 Å². The van der Waals surface area contributed by atoms with Gasteiger partial charge in [-0.05, 0) is 30.6 Å². The third kappa shape index (κ3) is 2.10. The molecule has 3 aromatic rings. The second-order valence-electron chi connectivity index (χ2n) is 4.28. The van der Waals surface area contributed by atoms with Gasteiger partial charge in [0, 0.05) is 11.6 Å². The molecular formula is C14H11N3O2S. The van der Waals surface area contributed by atoms with Crippen molar-refractivity contribution in [2.24, 2.45) is 0 Å². The average molecular weight is 285 g/mol. The van der Waals surface area contributed by atoms with Gasteiger partial charge in [-0.15, -0.1) is 0 Å². The van der Waals surface area contributed by atoms with Gasteiger partial charge in [-0.1, -0.05) is 18.2 Å². The first kappa shape index (κ1) is 12.6. The summed E-state index contributed by atoms with van der Waals surface area (Å²) in [4.78, 5) is 15.6. The van der Waals surface area contributed by atoms with Crippen LogP contribution in [0.3, 0.4) is 0 Å². The lowest BCUT2D eigenvalue weighted by Gasteiger charge is -2.07. The number of benzene rings is 1. The number of aromatic nitrogens is 2. The summed E-state index contributed by atoms with van der Waals surface area (Å²) in [6, 6.07) is 9.56. The summed E-state index contributed by atoms with van der Waals surface area (Å²) in [5.74, 6) is -0.980. The van der Waals surface area contributed by atoms with E-state index in [-0.39, 0.29) is 5.56 Å². The Morgan fingerprint density at radius 3 is 2.90 bits per heavy atom. The fourth-order valence-electron chi connectivity index (χ4n) is 2.03. The molecule has 0 amide bonds. The van der Waals surface area contributed by atoms with E-state index >= 15 is 0 Å². The first-order chi connectivity index (χ1) is 9.66. The summed E-state index contributed by atoms with van der Waals surface area (Å²) in [6.45, 7) is 1.69. The Bertz CT molecular complexity index is 793. The first-order valence-corrected chi connectivity index (χ1v) is 6.74. The van der Waals surface area contributed by atoms with Crippen molar-refractivity contribution in [3.63, 3.8) is 0 Å². The zero-order chi connectivity index (χ0) is 14.1. The number of nitrogens with zero attached hydrogens (tertiary/aromatic N) is 2. The molecule has 2 N–H and O–H groups in total. The normalized spacial score (nSPS) is 10.7. The van der Waals surface area contributed by atoms with Crippen LogP contribution < -0.4 is 5.32 Å². The second-order valence-corrected chi connectivity index (χ2v) is 5.06. The van der Waals surface area contributed by atoms with Gasteiger partial charge in [0.15, 0.2) is 0 Å². The third-order valence-electron chi connectivity index (χ3n) is 2.96. The minimum Gasteiger partial charge on any atom is -0.478 e. The molecular weight excluding hydrogens is 274 g/mol. The highest BCUT2D eigenvalue weighted by Gasteiger charge is 2.18. The number of pyridine rings is 1. The number of anilines is 2. The number of aryl methyl sites for hydroxylation is 1. The van der Waals surface area contributed by atoms with Crippen molar-refractivity contribution < 1.29 is 9.90 Å². The molecule has 0 saturated carbocycles. The summed E-state index contributed by atoms with van der Waals surface area (Å²) in [7, 11) is 0. The molecule has 0 aliphatic heterocycles. The lowest BCUT2D eigenvalue weighted by Crippen LogP contribution is -2.01. The topological polar surface area (TPSA) is 75.1 Å². The highest BCUT2D eigenvalue weighted by atomic mass is 32.1. The van der Waals surface area contributed by atoms with Gasteiger partial charge in [-0.25, -0.2) is 4.79 Å². The molecule has 100 valence electrons. The molecule has 5 nitrogen and oxygen atoms in total. The van der Waals surface area contributed by atoms with Crippen molar-refractivity contribution in [3.05, 3.63) is 47.8 Å². The van der Waals surface area contributed by atoms with E-state index in [0.717, 1.165) is 28.1 Å². The quantitative estimate of drug-likeness (QED) is 0.771. The second kappa shape index (κ2) is 4.90. The largest absolute Gasteiger partial charge is 0.478 e. The fraction of sp³-hybridized carbons (Fsp3) is 0.0714. The maximum Gasteiger partial charge on any atom is 0.340 e. The number of carboxylic acid groups (broad SMARTS) is 1. The van der Waals surface area contributed by atoms with E-state index in [9.17, 15) is 9.90 Å². The Morgan fingerprint density at radius 1 is 1.30 bits per heavy atom. The number of rotatable bonds is 3. The maximum absolute atomic E-state index is 11.3. The Morgan fingerprint density at radius 2 is 2.10 bits per heavy atom. The molecule has 3 rings (SSSR count). The molecule has 0 radical (unpaired) electrons. The van der Waals surface area contributed by atoms with Gasteiger partial charge in [0.05, 0.1) is 16.9 Å². The monoisotopic (exact) mass is 285 g/mol. The highest BCUT2D eigenvalue weighted by molar-refractivity contribution is 7.10. The predicted octanol–water partition coefficient (Wildman–Crippen LogP) is 3.44. The van der Waals surface area contributed by atoms with Crippen LogP contribution in [0.2, 0.25) is 0 Å². The highest BCUT2D eigenvalue weighted by Crippen LogP contribution is 2.30. The minimum absolute atomic E-state index is 0.211. The molecule has 2 aromatic heterocycles. The summed E-state index contributed by atoms with van der Waals surface area (Å²) in [5, 5.41) is 13.9. The molecule has 0 bridgehead atoms. The van der Waals surface area contributed by atoms with Gasteiger partial charge < -0.3 is 10.4 Å². The molecule has 20 heavy (non-hydrogen) atoms. The number of carbonyl (C=O) groups is 1. The van der Waals surface area contributed by atoms with Gasteiger partial charge in [-0.3, -0.25) is 4.98 Å². The van der Waals surface area contributed by atoms with E-state index in [1.54, 1.807) is 13.1 Å². The first-order valence-electron chi connectivity index (χ1n) is 5.97. The zero-order valence-electron chi connectivity index (χ0n) is 10.6. The molecule has 0 saturated heterocycles. The standard InChI is InChI=1S/C14H11N3O2S/c1-8-11(14(18)19)13(20-17-8)16-10-6-2-4-9-5-3-7-15-12(9)10/h2-7,16H,1H3,(H,18,19). The van der Waals surface area contributed by atoms with Crippen molar-refractivity contribution in [3.8, 4) is 0 Å². The Balaban J connectivity index is 2.08. The summed E-state index contributed by atoms with van der Waals surface area (Å²) in [6.07, 6.45) is 1.71. The van der Waals surface area contributed by atoms with Crippen molar-refractivity contribution in [1.29, 1.82) is 0 Å². The van der Waals surface area contributed by atoms with Crippen molar-refractivity contribution >= 4 is 39.1 Å². The molecule has 0 aliphatic rings. The van der Waals surface area contributed by atoms with Gasteiger partial charge in [0.25, 0.3) is 0 Å². The van der Waals surface area contributed by atoms with Crippen LogP contribution in [0.25, 0.3) is 10.9 Å². The number of aromatic carboxylic acids is 1. The molecule has 6 heteroatoms. The Kier molecular flexibility index (Phi) is 3.08. The number of hydrogen-bond donors (Lipinski definition) is 2. The number of hydrogen-bond acceptors (Lipinski definition) is 5. The van der Waals surface area contributed by atoms with Crippen LogP contribution in [0.1, 0.15) is 16.1 Å². The SMILES string of the molecule is Cc1nsc(Nc2cccc3cccnc23)c1C(=O)O. The van der Waals surface area contributed by atoms with Gasteiger partial charge in [0.1, 0.15) is 10.6 Å². The van der Waals surface area contributed by atoms with E-state index in [2.05, 4.69) is 14.7 Å². The smallest absolute Gasteiger partial charge is 0.340 e. The molecule has 0 unspecified atom stereocenters. The number of fused-ring (bicyclic) bond motifs is 1. The third-order valence-corrected chi connectivity index (χ3v) is 3.81. The molecule has 2 heterocycles. The summed E-state index contributed by atoms with van der Waals surface area (Å²) in [5.41, 5.74) is 2.30. The Labute approximate surface area is 119 Å². The van der Waals surface area contributed by atoms with E-state index < -0.39 is 5.97 Å². The van der Waals surface area contributed by atoms with Crippen LogP contribution in [-0.2, 0) is 0 Å². The van der Waals surface area contributed by atoms with E-state index in [1.165, 1.54) is 0 Å². The maximum atomic E-state index is 11.3. The number of carboxylic acids is 1. The zero-order valence-corrected chi connectivity index (χ0v) is 11.4. The Hall–Kier alpha value is -2.47. The fourth-order valence-corrected chi connectivity index (χ4v) is 2.84. The molecule has 1 aromatic carbocycles. The van der Waals surface area contributed by atoms with E-state index in [4.69, 9.17) is 0 Å². The summed E-state index contributed by atoms with van der Waals surface area (Å²) >= 11 is 1.14. The lowest BCUT2D eigenvalue weighted by atomic mass is 10.2. The van der Waals surface area contributed by atoms with Gasteiger partial charge in [-0.2, -0.15) is 4.37 Å². The summed E-state index contributed by atoms with van der Waals surface area (Å²) < 4.78 is 4.09. The van der Waals surface area contributed by atoms with Crippen molar-refractivity contribution in [1.82, 2.24) is 9.36 Å². The van der Waals surface area contributed by atoms with Gasteiger partial charge >= 0.3 is 5.97 Å². The van der Waals surface area contributed by atoms with E-state index in [0.29, 0.717) is 10.7 Å².